The molecule has 2 rings (SSSR count). The molecule has 0 unspecified atom stereocenters. The Kier molecular flexibility index (Phi) is 6.02. The van der Waals surface area contributed by atoms with Gasteiger partial charge < -0.3 is 15.2 Å². The van der Waals surface area contributed by atoms with Crippen molar-refractivity contribution < 1.29 is 14.6 Å². The van der Waals surface area contributed by atoms with Crippen LogP contribution in [0.15, 0.2) is 24.3 Å². The number of aliphatic hydroxyl groups excluding tert-OH is 1. The van der Waals surface area contributed by atoms with Crippen LogP contribution in [0, 0.1) is 0 Å². The molecule has 0 aliphatic carbocycles. The molecule has 1 atom stereocenters. The Bertz CT molecular complexity index is 465. The Morgan fingerprint density at radius 3 is 3.14 bits per heavy atom. The van der Waals surface area contributed by atoms with Crippen molar-refractivity contribution in [2.24, 2.45) is 0 Å². The number of ether oxygens (including phenoxy) is 1. The molecule has 1 saturated heterocycles. The maximum Gasteiger partial charge on any atom is 0.234 e. The second kappa shape index (κ2) is 8.00. The number of amides is 1. The summed E-state index contributed by atoms with van der Waals surface area (Å²) in [6.07, 6.45) is 2.02. The maximum absolute atomic E-state index is 12.0. The third-order valence-electron chi connectivity index (χ3n) is 3.76. The highest BCUT2D eigenvalue weighted by Crippen LogP contribution is 2.16. The Balaban J connectivity index is 1.79. The Hall–Kier alpha value is -1.59. The fourth-order valence-corrected chi connectivity index (χ4v) is 2.66. The summed E-state index contributed by atoms with van der Waals surface area (Å²) in [6, 6.07) is 7.88. The lowest BCUT2D eigenvalue weighted by Gasteiger charge is -2.21. The van der Waals surface area contributed by atoms with Gasteiger partial charge in [-0.3, -0.25) is 9.69 Å². The van der Waals surface area contributed by atoms with Gasteiger partial charge in [0.1, 0.15) is 5.75 Å². The van der Waals surface area contributed by atoms with Crippen molar-refractivity contribution in [3.63, 3.8) is 0 Å². The molecule has 1 fully saturated rings. The third kappa shape index (κ3) is 4.72. The van der Waals surface area contributed by atoms with Crippen LogP contribution in [-0.2, 0) is 11.3 Å². The van der Waals surface area contributed by atoms with Gasteiger partial charge in [0, 0.05) is 12.6 Å². The number of rotatable bonds is 7. The quantitative estimate of drug-likeness (QED) is 0.791. The SMILES string of the molecule is CCOc1cccc(CNC(=O)CN2CCC[C@@H]2CO)c1. The fourth-order valence-electron chi connectivity index (χ4n) is 2.66. The van der Waals surface area contributed by atoms with Gasteiger partial charge in [-0.2, -0.15) is 0 Å². The van der Waals surface area contributed by atoms with Crippen LogP contribution < -0.4 is 10.1 Å². The topological polar surface area (TPSA) is 61.8 Å². The number of hydrogen-bond acceptors (Lipinski definition) is 4. The van der Waals surface area contributed by atoms with Crippen LogP contribution in [0.2, 0.25) is 0 Å². The number of carbonyl (C=O) groups is 1. The van der Waals surface area contributed by atoms with Gasteiger partial charge >= 0.3 is 0 Å². The lowest BCUT2D eigenvalue weighted by molar-refractivity contribution is -0.122. The minimum Gasteiger partial charge on any atom is -0.494 e. The van der Waals surface area contributed by atoms with E-state index in [9.17, 15) is 9.90 Å². The van der Waals surface area contributed by atoms with E-state index in [0.717, 1.165) is 30.7 Å². The fraction of sp³-hybridized carbons (Fsp3) is 0.562. The number of benzene rings is 1. The van der Waals surface area contributed by atoms with E-state index >= 15 is 0 Å². The van der Waals surface area contributed by atoms with E-state index in [1.165, 1.54) is 0 Å². The van der Waals surface area contributed by atoms with Crippen LogP contribution in [-0.4, -0.2) is 48.3 Å². The molecule has 0 aromatic heterocycles. The van der Waals surface area contributed by atoms with Crippen molar-refractivity contribution in [2.75, 3.05) is 26.3 Å². The average Bonchev–Trinajstić information content (AvgIpc) is 2.93. The molecular formula is C16H24N2O3. The molecule has 1 aliphatic rings. The Labute approximate surface area is 125 Å². The molecule has 1 aromatic carbocycles. The predicted octanol–water partition coefficient (Wildman–Crippen LogP) is 1.16. The van der Waals surface area contributed by atoms with Gasteiger partial charge in [-0.25, -0.2) is 0 Å². The van der Waals surface area contributed by atoms with Crippen molar-refractivity contribution in [1.29, 1.82) is 0 Å². The summed E-state index contributed by atoms with van der Waals surface area (Å²) in [5.41, 5.74) is 1.02. The van der Waals surface area contributed by atoms with E-state index in [0.29, 0.717) is 19.7 Å². The third-order valence-corrected chi connectivity index (χ3v) is 3.76. The minimum absolute atomic E-state index is 0.00263. The normalized spacial score (nSPS) is 18.7. The number of nitrogens with zero attached hydrogens (tertiary/aromatic N) is 1. The first-order chi connectivity index (χ1) is 10.2. The molecule has 21 heavy (non-hydrogen) atoms. The van der Waals surface area contributed by atoms with Crippen molar-refractivity contribution in [3.05, 3.63) is 29.8 Å². The first-order valence-corrected chi connectivity index (χ1v) is 7.56. The molecule has 116 valence electrons. The van der Waals surface area contributed by atoms with Gasteiger partial charge in [0.25, 0.3) is 0 Å². The summed E-state index contributed by atoms with van der Waals surface area (Å²) >= 11 is 0. The van der Waals surface area contributed by atoms with Crippen molar-refractivity contribution in [2.45, 2.75) is 32.4 Å². The molecule has 0 spiro atoms. The lowest BCUT2D eigenvalue weighted by Crippen LogP contribution is -2.40. The summed E-state index contributed by atoms with van der Waals surface area (Å²) in [5.74, 6) is 0.821. The second-order valence-corrected chi connectivity index (χ2v) is 5.31. The zero-order chi connectivity index (χ0) is 15.1. The Morgan fingerprint density at radius 2 is 2.38 bits per heavy atom. The van der Waals surface area contributed by atoms with Crippen LogP contribution in [0.3, 0.4) is 0 Å². The highest BCUT2D eigenvalue weighted by molar-refractivity contribution is 5.78. The number of nitrogens with one attached hydrogen (secondary N) is 1. The van der Waals surface area contributed by atoms with E-state index in [2.05, 4.69) is 5.32 Å². The summed E-state index contributed by atoms with van der Waals surface area (Å²) in [5, 5.41) is 12.2. The maximum atomic E-state index is 12.0. The highest BCUT2D eigenvalue weighted by Gasteiger charge is 2.25. The van der Waals surface area contributed by atoms with E-state index in [4.69, 9.17) is 4.74 Å². The van der Waals surface area contributed by atoms with Crippen molar-refractivity contribution in [3.8, 4) is 5.75 Å². The Morgan fingerprint density at radius 1 is 1.52 bits per heavy atom. The van der Waals surface area contributed by atoms with Crippen LogP contribution in [0.4, 0.5) is 0 Å². The smallest absolute Gasteiger partial charge is 0.234 e. The number of aliphatic hydroxyl groups is 1. The number of carbonyl (C=O) groups excluding carboxylic acids is 1. The van der Waals surface area contributed by atoms with E-state index in [-0.39, 0.29) is 18.6 Å². The largest absolute Gasteiger partial charge is 0.494 e. The van der Waals surface area contributed by atoms with E-state index < -0.39 is 0 Å². The molecule has 0 bridgehead atoms. The lowest BCUT2D eigenvalue weighted by atomic mass is 10.2. The van der Waals surface area contributed by atoms with Gasteiger partial charge in [-0.1, -0.05) is 12.1 Å². The van der Waals surface area contributed by atoms with Crippen molar-refractivity contribution in [1.82, 2.24) is 10.2 Å². The molecule has 2 N–H and O–H groups in total. The van der Waals surface area contributed by atoms with Crippen LogP contribution in [0.25, 0.3) is 0 Å². The minimum atomic E-state index is -0.00263. The van der Waals surface area contributed by atoms with Crippen molar-refractivity contribution >= 4 is 5.91 Å². The first kappa shape index (κ1) is 15.8. The van der Waals surface area contributed by atoms with Gasteiger partial charge in [0.2, 0.25) is 5.91 Å². The second-order valence-electron chi connectivity index (χ2n) is 5.31. The standard InChI is InChI=1S/C16H24N2O3/c1-2-21-15-7-3-5-13(9-15)10-17-16(20)11-18-8-4-6-14(18)12-19/h3,5,7,9,14,19H,2,4,6,8,10-12H2,1H3,(H,17,20)/t14-/m1/s1. The summed E-state index contributed by atoms with van der Waals surface area (Å²) in [6.45, 7) is 4.45. The van der Waals surface area contributed by atoms with Gasteiger partial charge in [0.15, 0.2) is 0 Å². The molecule has 0 radical (unpaired) electrons. The van der Waals surface area contributed by atoms with Crippen LogP contribution in [0.1, 0.15) is 25.3 Å². The van der Waals surface area contributed by atoms with Gasteiger partial charge in [-0.05, 0) is 44.0 Å². The summed E-state index contributed by atoms with van der Waals surface area (Å²) < 4.78 is 5.44. The van der Waals surface area contributed by atoms with E-state index in [1.54, 1.807) is 0 Å². The molecule has 1 amide bonds. The zero-order valence-corrected chi connectivity index (χ0v) is 12.5. The molecule has 1 aliphatic heterocycles. The molecule has 1 heterocycles. The zero-order valence-electron chi connectivity index (χ0n) is 12.5. The monoisotopic (exact) mass is 292 g/mol. The molecule has 5 heteroatoms. The summed E-state index contributed by atoms with van der Waals surface area (Å²) in [7, 11) is 0. The van der Waals surface area contributed by atoms with Gasteiger partial charge in [-0.15, -0.1) is 0 Å². The molecular weight excluding hydrogens is 268 g/mol. The molecule has 5 nitrogen and oxygen atoms in total. The average molecular weight is 292 g/mol. The molecule has 1 aromatic rings. The highest BCUT2D eigenvalue weighted by atomic mass is 16.5. The predicted molar refractivity (Wildman–Crippen MR) is 81.1 cm³/mol. The van der Waals surface area contributed by atoms with Crippen LogP contribution in [0.5, 0.6) is 5.75 Å². The summed E-state index contributed by atoms with van der Waals surface area (Å²) in [4.78, 5) is 14.0. The van der Waals surface area contributed by atoms with Gasteiger partial charge in [0.05, 0.1) is 19.8 Å². The van der Waals surface area contributed by atoms with E-state index in [1.807, 2.05) is 36.1 Å². The number of likely N-dealkylation sites (tertiary alicyclic amines) is 1. The number of hydrogen-bond donors (Lipinski definition) is 2. The molecule has 0 saturated carbocycles. The first-order valence-electron chi connectivity index (χ1n) is 7.56. The van der Waals surface area contributed by atoms with Crippen LogP contribution >= 0.6 is 0 Å².